The Morgan fingerprint density at radius 3 is 3.06 bits per heavy atom. The van der Waals surface area contributed by atoms with Crippen molar-refractivity contribution in [1.82, 2.24) is 24.7 Å². The van der Waals surface area contributed by atoms with Crippen LogP contribution in [0.4, 0.5) is 0 Å². The third-order valence-corrected chi connectivity index (χ3v) is 3.15. The SMILES string of the molecule is Cn1cnnc1Sc1ccc(-c2ncc[nH]2)o1. The van der Waals surface area contributed by atoms with Crippen LogP contribution >= 0.6 is 11.8 Å². The molecule has 0 amide bonds. The maximum Gasteiger partial charge on any atom is 0.198 e. The average molecular weight is 247 g/mol. The summed E-state index contributed by atoms with van der Waals surface area (Å²) in [7, 11) is 1.89. The Morgan fingerprint density at radius 1 is 1.41 bits per heavy atom. The highest BCUT2D eigenvalue weighted by Crippen LogP contribution is 2.29. The minimum absolute atomic E-state index is 0.708. The minimum Gasteiger partial charge on any atom is -0.446 e. The van der Waals surface area contributed by atoms with E-state index in [1.54, 1.807) is 18.7 Å². The maximum absolute atomic E-state index is 5.64. The molecule has 0 fully saturated rings. The van der Waals surface area contributed by atoms with E-state index in [0.29, 0.717) is 5.76 Å². The second-order valence-corrected chi connectivity index (χ2v) is 4.35. The summed E-state index contributed by atoms with van der Waals surface area (Å²) in [6.45, 7) is 0. The lowest BCUT2D eigenvalue weighted by molar-refractivity contribution is 0.484. The first-order valence-electron chi connectivity index (χ1n) is 4.94. The van der Waals surface area contributed by atoms with E-state index in [0.717, 1.165) is 16.1 Å². The molecule has 0 aliphatic carbocycles. The summed E-state index contributed by atoms with van der Waals surface area (Å²) in [6, 6.07) is 3.76. The quantitative estimate of drug-likeness (QED) is 0.765. The minimum atomic E-state index is 0.708. The first-order valence-corrected chi connectivity index (χ1v) is 5.76. The number of furan rings is 1. The van der Waals surface area contributed by atoms with E-state index < -0.39 is 0 Å². The molecule has 0 spiro atoms. The first kappa shape index (κ1) is 10.2. The van der Waals surface area contributed by atoms with Crippen LogP contribution in [0.5, 0.6) is 0 Å². The Hall–Kier alpha value is -2.02. The molecule has 0 unspecified atom stereocenters. The van der Waals surface area contributed by atoms with Gasteiger partial charge >= 0.3 is 0 Å². The topological polar surface area (TPSA) is 72.5 Å². The molecule has 0 aromatic carbocycles. The highest BCUT2D eigenvalue weighted by atomic mass is 32.2. The van der Waals surface area contributed by atoms with Crippen molar-refractivity contribution in [3.05, 3.63) is 30.9 Å². The zero-order valence-corrected chi connectivity index (χ0v) is 9.81. The number of hydrogen-bond acceptors (Lipinski definition) is 5. The predicted octanol–water partition coefficient (Wildman–Crippen LogP) is 1.95. The molecule has 0 bridgehead atoms. The fourth-order valence-electron chi connectivity index (χ4n) is 1.36. The monoisotopic (exact) mass is 247 g/mol. The molecule has 86 valence electrons. The van der Waals surface area contributed by atoms with E-state index >= 15 is 0 Å². The van der Waals surface area contributed by atoms with Crippen molar-refractivity contribution in [3.63, 3.8) is 0 Å². The van der Waals surface area contributed by atoms with Gasteiger partial charge in [-0.15, -0.1) is 10.2 Å². The standard InChI is InChI=1S/C10H9N5OS/c1-15-6-13-14-10(15)17-8-3-2-7(16-8)9-11-4-5-12-9/h2-6H,1H3,(H,11,12). The molecule has 3 aromatic rings. The Balaban J connectivity index is 1.84. The number of imidazole rings is 1. The van der Waals surface area contributed by atoms with Crippen LogP contribution in [0.3, 0.4) is 0 Å². The van der Waals surface area contributed by atoms with Gasteiger partial charge in [-0.05, 0) is 23.9 Å². The molecule has 0 atom stereocenters. The van der Waals surface area contributed by atoms with Crippen molar-refractivity contribution in [2.45, 2.75) is 10.2 Å². The lowest BCUT2D eigenvalue weighted by atomic mass is 10.4. The van der Waals surface area contributed by atoms with Gasteiger partial charge in [-0.3, -0.25) is 0 Å². The Kier molecular flexibility index (Phi) is 2.45. The van der Waals surface area contributed by atoms with E-state index in [9.17, 15) is 0 Å². The van der Waals surface area contributed by atoms with Gasteiger partial charge < -0.3 is 14.0 Å². The molecule has 0 saturated heterocycles. The van der Waals surface area contributed by atoms with Crippen LogP contribution < -0.4 is 0 Å². The van der Waals surface area contributed by atoms with Gasteiger partial charge in [-0.2, -0.15) is 0 Å². The summed E-state index contributed by atoms with van der Waals surface area (Å²) < 4.78 is 7.48. The molecule has 1 N–H and O–H groups in total. The number of nitrogens with one attached hydrogen (secondary N) is 1. The molecule has 3 aromatic heterocycles. The largest absolute Gasteiger partial charge is 0.446 e. The third kappa shape index (κ3) is 1.96. The molecule has 17 heavy (non-hydrogen) atoms. The van der Waals surface area contributed by atoms with Crippen molar-refractivity contribution in [2.24, 2.45) is 7.05 Å². The van der Waals surface area contributed by atoms with Crippen LogP contribution in [-0.2, 0) is 7.05 Å². The molecule has 3 rings (SSSR count). The average Bonchev–Trinajstić information content (AvgIpc) is 3.02. The molecule has 3 heterocycles. The molecular formula is C10H9N5OS. The van der Waals surface area contributed by atoms with E-state index in [-0.39, 0.29) is 0 Å². The molecule has 7 heteroatoms. The fraction of sp³-hybridized carbons (Fsp3) is 0.100. The van der Waals surface area contributed by atoms with Gasteiger partial charge in [0.2, 0.25) is 0 Å². The predicted molar refractivity (Wildman–Crippen MR) is 61.4 cm³/mol. The number of aromatic amines is 1. The number of aromatic nitrogens is 5. The molecular weight excluding hydrogens is 238 g/mol. The maximum atomic E-state index is 5.64. The summed E-state index contributed by atoms with van der Waals surface area (Å²) in [5, 5.41) is 9.32. The normalized spacial score (nSPS) is 10.9. The second-order valence-electron chi connectivity index (χ2n) is 3.38. The number of H-pyrrole nitrogens is 1. The van der Waals surface area contributed by atoms with Crippen molar-refractivity contribution in [3.8, 4) is 11.6 Å². The second kappa shape index (κ2) is 4.10. The van der Waals surface area contributed by atoms with Gasteiger partial charge in [-0.25, -0.2) is 4.98 Å². The van der Waals surface area contributed by atoms with Crippen molar-refractivity contribution >= 4 is 11.8 Å². The highest BCUT2D eigenvalue weighted by Gasteiger charge is 2.10. The smallest absolute Gasteiger partial charge is 0.198 e. The van der Waals surface area contributed by atoms with E-state index in [1.807, 2.05) is 23.7 Å². The molecule has 6 nitrogen and oxygen atoms in total. The lowest BCUT2D eigenvalue weighted by Crippen LogP contribution is -1.87. The zero-order valence-electron chi connectivity index (χ0n) is 8.99. The summed E-state index contributed by atoms with van der Waals surface area (Å²) in [6.07, 6.45) is 5.10. The third-order valence-electron chi connectivity index (χ3n) is 2.17. The summed E-state index contributed by atoms with van der Waals surface area (Å²) >= 11 is 1.42. The Labute approximate surface area is 101 Å². The van der Waals surface area contributed by atoms with E-state index in [4.69, 9.17) is 4.42 Å². The lowest BCUT2D eigenvalue weighted by Gasteiger charge is -1.95. The first-order chi connectivity index (χ1) is 8.33. The van der Waals surface area contributed by atoms with Gasteiger partial charge in [0.05, 0.1) is 0 Å². The summed E-state index contributed by atoms with van der Waals surface area (Å²) in [4.78, 5) is 7.11. The van der Waals surface area contributed by atoms with E-state index in [1.165, 1.54) is 11.8 Å². The molecule has 0 saturated carbocycles. The number of aryl methyl sites for hydroxylation is 1. The summed E-state index contributed by atoms with van der Waals surface area (Å²) in [5.74, 6) is 1.43. The van der Waals surface area contributed by atoms with Crippen LogP contribution in [0.2, 0.25) is 0 Å². The Morgan fingerprint density at radius 2 is 2.35 bits per heavy atom. The number of nitrogens with zero attached hydrogens (tertiary/aromatic N) is 4. The highest BCUT2D eigenvalue weighted by molar-refractivity contribution is 7.99. The van der Waals surface area contributed by atoms with Crippen LogP contribution in [0, 0.1) is 0 Å². The van der Waals surface area contributed by atoms with Crippen LogP contribution in [0.25, 0.3) is 11.6 Å². The Bertz CT molecular complexity index is 612. The van der Waals surface area contributed by atoms with Crippen molar-refractivity contribution in [1.29, 1.82) is 0 Å². The van der Waals surface area contributed by atoms with Crippen molar-refractivity contribution in [2.75, 3.05) is 0 Å². The zero-order chi connectivity index (χ0) is 11.7. The van der Waals surface area contributed by atoms with Crippen LogP contribution in [-0.4, -0.2) is 24.7 Å². The van der Waals surface area contributed by atoms with E-state index in [2.05, 4.69) is 20.2 Å². The molecule has 0 radical (unpaired) electrons. The van der Waals surface area contributed by atoms with Crippen molar-refractivity contribution < 1.29 is 4.42 Å². The van der Waals surface area contributed by atoms with Gasteiger partial charge in [0, 0.05) is 19.4 Å². The number of hydrogen-bond donors (Lipinski definition) is 1. The summed E-state index contributed by atoms with van der Waals surface area (Å²) in [5.41, 5.74) is 0. The molecule has 0 aliphatic rings. The van der Waals surface area contributed by atoms with Gasteiger partial charge in [0.25, 0.3) is 0 Å². The van der Waals surface area contributed by atoms with Gasteiger partial charge in [0.1, 0.15) is 6.33 Å². The van der Waals surface area contributed by atoms with Crippen LogP contribution in [0.1, 0.15) is 0 Å². The van der Waals surface area contributed by atoms with Gasteiger partial charge in [0.15, 0.2) is 21.8 Å². The van der Waals surface area contributed by atoms with Crippen LogP contribution in [0.15, 0.2) is 45.5 Å². The fourth-order valence-corrected chi connectivity index (χ4v) is 2.08. The van der Waals surface area contributed by atoms with Gasteiger partial charge in [-0.1, -0.05) is 0 Å². The number of rotatable bonds is 3. The molecule has 0 aliphatic heterocycles.